The fraction of sp³-hybridized carbons (Fsp3) is 0.875. The van der Waals surface area contributed by atoms with Crippen LogP contribution in [0.3, 0.4) is 0 Å². The molecule has 4 fully saturated rings. The molecular weight excluding hydrogens is 256 g/mol. The minimum absolute atomic E-state index is 0.259. The van der Waals surface area contributed by atoms with Crippen molar-refractivity contribution in [1.82, 2.24) is 0 Å². The van der Waals surface area contributed by atoms with E-state index in [9.17, 15) is 9.59 Å². The topological polar surface area (TPSA) is 59.2 Å². The average Bonchev–Trinajstić information content (AvgIpc) is 3.36. The van der Waals surface area contributed by atoms with Gasteiger partial charge in [-0.05, 0) is 50.4 Å². The fourth-order valence-corrected chi connectivity index (χ4v) is 4.76. The maximum atomic E-state index is 11.9. The molecule has 0 amide bonds. The van der Waals surface area contributed by atoms with E-state index in [1.807, 2.05) is 0 Å². The number of fused-ring (bicyclic) bond motifs is 2. The minimum Gasteiger partial charge on any atom is -0.370 e. The van der Waals surface area contributed by atoms with Gasteiger partial charge in [-0.3, -0.25) is 4.79 Å². The molecule has 109 valence electrons. The van der Waals surface area contributed by atoms with Gasteiger partial charge in [0.15, 0.2) is 0 Å². The maximum Gasteiger partial charge on any atom is 0.206 e. The second-order valence-electron chi connectivity index (χ2n) is 6.96. The van der Waals surface area contributed by atoms with E-state index in [1.54, 1.807) is 0 Å². The van der Waals surface area contributed by atoms with Crippen LogP contribution in [0.15, 0.2) is 0 Å². The molecule has 4 heteroatoms. The third-order valence-corrected chi connectivity index (χ3v) is 6.08. The Labute approximate surface area is 119 Å². The molecule has 2 saturated heterocycles. The standard InChI is InChI=1S/C16H21O4/c17-6-5-16(9-18,10-1-3-12-14(7-10)19-12)11-2-4-13-15(8-11)20-13/h6,10-15H,1-5,7-8H2. The SMILES string of the molecule is O=[C]C(CC=O)(C1CCC2OC2C1)C1CCC2OC2C1. The first kappa shape index (κ1) is 13.0. The van der Waals surface area contributed by atoms with Crippen LogP contribution in [0.25, 0.3) is 0 Å². The van der Waals surface area contributed by atoms with Crippen molar-refractivity contribution in [3.05, 3.63) is 0 Å². The van der Waals surface area contributed by atoms with E-state index in [2.05, 4.69) is 6.29 Å². The molecule has 4 aliphatic rings. The lowest BCUT2D eigenvalue weighted by Gasteiger charge is -2.42. The van der Waals surface area contributed by atoms with Crippen LogP contribution in [-0.2, 0) is 19.1 Å². The minimum atomic E-state index is -0.588. The molecular formula is C16H21O4. The summed E-state index contributed by atoms with van der Waals surface area (Å²) in [6.07, 6.45) is 11.0. The summed E-state index contributed by atoms with van der Waals surface area (Å²) in [5, 5.41) is 0. The van der Waals surface area contributed by atoms with Crippen molar-refractivity contribution in [2.75, 3.05) is 0 Å². The van der Waals surface area contributed by atoms with Crippen molar-refractivity contribution in [3.8, 4) is 0 Å². The van der Waals surface area contributed by atoms with E-state index in [4.69, 9.17) is 9.47 Å². The molecule has 2 aliphatic carbocycles. The summed E-state index contributed by atoms with van der Waals surface area (Å²) < 4.78 is 11.2. The molecule has 2 saturated carbocycles. The Balaban J connectivity index is 1.57. The highest BCUT2D eigenvalue weighted by Crippen LogP contribution is 2.55. The third kappa shape index (κ3) is 1.96. The quantitative estimate of drug-likeness (QED) is 0.568. The van der Waals surface area contributed by atoms with E-state index in [0.717, 1.165) is 44.8 Å². The Bertz CT molecular complexity index is 393. The number of hydrogen-bond donors (Lipinski definition) is 0. The third-order valence-electron chi connectivity index (χ3n) is 6.08. The van der Waals surface area contributed by atoms with Gasteiger partial charge in [0.05, 0.1) is 24.4 Å². The lowest BCUT2D eigenvalue weighted by molar-refractivity contribution is -0.110. The molecule has 0 aromatic carbocycles. The van der Waals surface area contributed by atoms with Gasteiger partial charge in [-0.15, -0.1) is 0 Å². The van der Waals surface area contributed by atoms with Crippen molar-refractivity contribution in [1.29, 1.82) is 0 Å². The number of carbonyl (C=O) groups excluding carboxylic acids is 2. The first-order valence-corrected chi connectivity index (χ1v) is 7.90. The summed E-state index contributed by atoms with van der Waals surface area (Å²) in [6, 6.07) is 0. The molecule has 4 nitrogen and oxygen atoms in total. The summed E-state index contributed by atoms with van der Waals surface area (Å²) in [6.45, 7) is 0. The van der Waals surface area contributed by atoms with Gasteiger partial charge >= 0.3 is 0 Å². The molecule has 0 bridgehead atoms. The molecule has 1 radical (unpaired) electrons. The van der Waals surface area contributed by atoms with Crippen LogP contribution in [0.1, 0.15) is 44.9 Å². The van der Waals surface area contributed by atoms with Crippen molar-refractivity contribution < 1.29 is 19.1 Å². The first-order chi connectivity index (χ1) is 9.76. The highest BCUT2D eigenvalue weighted by atomic mass is 16.6. The van der Waals surface area contributed by atoms with E-state index in [0.29, 0.717) is 30.8 Å². The van der Waals surface area contributed by atoms with Crippen LogP contribution in [0.2, 0.25) is 0 Å². The lowest BCUT2D eigenvalue weighted by Crippen LogP contribution is -2.44. The smallest absolute Gasteiger partial charge is 0.206 e. The van der Waals surface area contributed by atoms with Gasteiger partial charge in [0, 0.05) is 11.8 Å². The summed E-state index contributed by atoms with van der Waals surface area (Å²) in [4.78, 5) is 23.1. The number of hydrogen-bond acceptors (Lipinski definition) is 4. The van der Waals surface area contributed by atoms with Gasteiger partial charge in [-0.1, -0.05) is 0 Å². The zero-order valence-corrected chi connectivity index (χ0v) is 11.6. The van der Waals surface area contributed by atoms with Crippen LogP contribution in [0.5, 0.6) is 0 Å². The molecule has 0 aromatic heterocycles. The Morgan fingerprint density at radius 1 is 0.950 bits per heavy atom. The van der Waals surface area contributed by atoms with Crippen LogP contribution in [-0.4, -0.2) is 37.0 Å². The zero-order chi connectivity index (χ0) is 13.7. The fourth-order valence-electron chi connectivity index (χ4n) is 4.76. The van der Waals surface area contributed by atoms with Crippen molar-refractivity contribution in [2.24, 2.45) is 17.3 Å². The molecule has 2 heterocycles. The van der Waals surface area contributed by atoms with Gasteiger partial charge in [0.1, 0.15) is 6.29 Å². The number of ether oxygens (including phenoxy) is 2. The van der Waals surface area contributed by atoms with Gasteiger partial charge in [0.2, 0.25) is 6.29 Å². The van der Waals surface area contributed by atoms with E-state index >= 15 is 0 Å². The molecule has 2 aliphatic heterocycles. The molecule has 20 heavy (non-hydrogen) atoms. The normalized spacial score (nSPS) is 48.4. The highest BCUT2D eigenvalue weighted by Gasteiger charge is 2.56. The molecule has 0 aromatic rings. The molecule has 0 N–H and O–H groups in total. The van der Waals surface area contributed by atoms with Crippen molar-refractivity contribution in [2.45, 2.75) is 69.4 Å². The Hall–Kier alpha value is -0.740. The van der Waals surface area contributed by atoms with Gasteiger partial charge in [-0.25, -0.2) is 0 Å². The molecule has 6 unspecified atom stereocenters. The Morgan fingerprint density at radius 3 is 1.90 bits per heavy atom. The van der Waals surface area contributed by atoms with E-state index in [-0.39, 0.29) is 11.8 Å². The predicted molar refractivity (Wildman–Crippen MR) is 70.8 cm³/mol. The summed E-state index contributed by atoms with van der Waals surface area (Å²) in [5.74, 6) is 0.517. The van der Waals surface area contributed by atoms with Crippen LogP contribution >= 0.6 is 0 Å². The summed E-state index contributed by atoms with van der Waals surface area (Å²) in [5.41, 5.74) is -0.588. The monoisotopic (exact) mass is 277 g/mol. The van der Waals surface area contributed by atoms with E-state index in [1.165, 1.54) is 0 Å². The van der Waals surface area contributed by atoms with Crippen LogP contribution in [0.4, 0.5) is 0 Å². The second kappa shape index (κ2) is 4.63. The lowest BCUT2D eigenvalue weighted by atomic mass is 9.58. The number of epoxide rings is 2. The van der Waals surface area contributed by atoms with Crippen LogP contribution < -0.4 is 0 Å². The summed E-state index contributed by atoms with van der Waals surface area (Å²) >= 11 is 0. The number of rotatable bonds is 5. The maximum absolute atomic E-state index is 11.9. The van der Waals surface area contributed by atoms with Crippen LogP contribution in [0, 0.1) is 17.3 Å². The summed E-state index contributed by atoms with van der Waals surface area (Å²) in [7, 11) is 0. The van der Waals surface area contributed by atoms with E-state index < -0.39 is 5.41 Å². The Kier molecular flexibility index (Phi) is 3.00. The Morgan fingerprint density at radius 2 is 1.50 bits per heavy atom. The molecule has 0 spiro atoms. The average molecular weight is 277 g/mol. The zero-order valence-electron chi connectivity index (χ0n) is 11.6. The van der Waals surface area contributed by atoms with Gasteiger partial charge in [-0.2, -0.15) is 0 Å². The van der Waals surface area contributed by atoms with Crippen molar-refractivity contribution in [3.63, 3.8) is 0 Å². The number of aldehydes is 1. The largest absolute Gasteiger partial charge is 0.370 e. The predicted octanol–water partition coefficient (Wildman–Crippen LogP) is 1.81. The highest BCUT2D eigenvalue weighted by molar-refractivity contribution is 5.68. The van der Waals surface area contributed by atoms with Gasteiger partial charge < -0.3 is 14.3 Å². The second-order valence-corrected chi connectivity index (χ2v) is 6.96. The van der Waals surface area contributed by atoms with Crippen molar-refractivity contribution >= 4 is 12.6 Å². The first-order valence-electron chi connectivity index (χ1n) is 7.90. The number of carbonyl (C=O) groups is 1. The molecule has 4 rings (SSSR count). The molecule has 6 atom stereocenters. The van der Waals surface area contributed by atoms with Gasteiger partial charge in [0.25, 0.3) is 0 Å².